The van der Waals surface area contributed by atoms with Crippen molar-refractivity contribution in [3.8, 4) is 0 Å². The summed E-state index contributed by atoms with van der Waals surface area (Å²) in [6.45, 7) is 10.5. The van der Waals surface area contributed by atoms with Crippen LogP contribution in [0.4, 0.5) is 0 Å². The van der Waals surface area contributed by atoms with Crippen LogP contribution in [0.25, 0.3) is 0 Å². The van der Waals surface area contributed by atoms with E-state index in [9.17, 15) is 14.7 Å². The van der Waals surface area contributed by atoms with E-state index < -0.39 is 28.9 Å². The number of carbonyl (C=O) groups is 2. The predicted molar refractivity (Wildman–Crippen MR) is 106 cm³/mol. The van der Waals surface area contributed by atoms with Gasteiger partial charge in [-0.1, -0.05) is 18.2 Å². The van der Waals surface area contributed by atoms with E-state index in [0.717, 1.165) is 6.42 Å². The average molecular weight is 395 g/mol. The number of aliphatic hydroxyl groups is 1. The molecule has 0 radical (unpaired) electrons. The molecule has 1 fully saturated rings. The van der Waals surface area contributed by atoms with Crippen molar-refractivity contribution in [1.82, 2.24) is 0 Å². The molecule has 6 nitrogen and oxygen atoms in total. The SMILES string of the molecule is CC=C(C)C(=O)O[C@H]1CC[C@@](C)([C@@H]2C=C[C@](C)(O)CC2)O[C@@]1(C)COC(C)=O. The van der Waals surface area contributed by atoms with E-state index in [1.54, 1.807) is 26.8 Å². The molecule has 6 heteroatoms. The van der Waals surface area contributed by atoms with Gasteiger partial charge in [0.25, 0.3) is 0 Å². The second-order valence-corrected chi connectivity index (χ2v) is 8.77. The summed E-state index contributed by atoms with van der Waals surface area (Å²) in [6, 6.07) is 0. The molecule has 2 aliphatic rings. The van der Waals surface area contributed by atoms with E-state index in [2.05, 4.69) is 0 Å². The zero-order chi connectivity index (χ0) is 21.2. The molecule has 1 saturated heterocycles. The lowest BCUT2D eigenvalue weighted by atomic mass is 9.72. The van der Waals surface area contributed by atoms with Crippen molar-refractivity contribution in [2.45, 2.75) is 90.1 Å². The number of hydrogen-bond acceptors (Lipinski definition) is 6. The van der Waals surface area contributed by atoms with Crippen LogP contribution in [0.5, 0.6) is 0 Å². The fraction of sp³-hybridized carbons (Fsp3) is 0.727. The maximum atomic E-state index is 12.3. The summed E-state index contributed by atoms with van der Waals surface area (Å²) in [7, 11) is 0. The maximum Gasteiger partial charge on any atom is 0.333 e. The van der Waals surface area contributed by atoms with E-state index in [-0.39, 0.29) is 18.5 Å². The second-order valence-electron chi connectivity index (χ2n) is 8.77. The summed E-state index contributed by atoms with van der Waals surface area (Å²) in [5.41, 5.74) is -1.71. The van der Waals surface area contributed by atoms with Crippen LogP contribution < -0.4 is 0 Å². The summed E-state index contributed by atoms with van der Waals surface area (Å²) in [5.74, 6) is -0.666. The van der Waals surface area contributed by atoms with Gasteiger partial charge in [0.05, 0.1) is 11.2 Å². The monoisotopic (exact) mass is 394 g/mol. The van der Waals surface area contributed by atoms with E-state index in [4.69, 9.17) is 14.2 Å². The molecular weight excluding hydrogens is 360 g/mol. The molecule has 1 N–H and O–H groups in total. The fourth-order valence-corrected chi connectivity index (χ4v) is 3.98. The molecule has 1 heterocycles. The summed E-state index contributed by atoms with van der Waals surface area (Å²) in [5, 5.41) is 10.2. The van der Waals surface area contributed by atoms with Crippen molar-refractivity contribution in [1.29, 1.82) is 0 Å². The van der Waals surface area contributed by atoms with Crippen LogP contribution >= 0.6 is 0 Å². The van der Waals surface area contributed by atoms with Crippen molar-refractivity contribution in [3.63, 3.8) is 0 Å². The van der Waals surface area contributed by atoms with Gasteiger partial charge in [-0.3, -0.25) is 4.79 Å². The first-order valence-corrected chi connectivity index (χ1v) is 10.00. The fourth-order valence-electron chi connectivity index (χ4n) is 3.98. The molecule has 0 unspecified atom stereocenters. The molecule has 2 rings (SSSR count). The van der Waals surface area contributed by atoms with Gasteiger partial charge in [0.2, 0.25) is 0 Å². The van der Waals surface area contributed by atoms with Crippen LogP contribution in [0, 0.1) is 5.92 Å². The molecule has 0 amide bonds. The first-order chi connectivity index (χ1) is 12.9. The molecule has 0 saturated carbocycles. The molecule has 0 bridgehead atoms. The lowest BCUT2D eigenvalue weighted by molar-refractivity contribution is -0.256. The van der Waals surface area contributed by atoms with Crippen LogP contribution in [-0.2, 0) is 23.8 Å². The minimum absolute atomic E-state index is 0.0128. The number of allylic oxidation sites excluding steroid dienone is 1. The molecule has 0 aromatic heterocycles. The minimum Gasteiger partial charge on any atom is -0.463 e. The Bertz CT molecular complexity index is 664. The molecule has 1 aliphatic heterocycles. The van der Waals surface area contributed by atoms with Crippen molar-refractivity contribution < 1.29 is 28.9 Å². The third-order valence-corrected chi connectivity index (χ3v) is 6.05. The Balaban J connectivity index is 2.23. The molecule has 0 spiro atoms. The highest BCUT2D eigenvalue weighted by Crippen LogP contribution is 2.45. The largest absolute Gasteiger partial charge is 0.463 e. The predicted octanol–water partition coefficient (Wildman–Crippen LogP) is 3.47. The lowest BCUT2D eigenvalue weighted by Gasteiger charge is -2.51. The minimum atomic E-state index is -0.948. The Hall–Kier alpha value is -1.66. The second kappa shape index (κ2) is 8.37. The zero-order valence-electron chi connectivity index (χ0n) is 17.9. The van der Waals surface area contributed by atoms with Gasteiger partial charge in [-0.15, -0.1) is 0 Å². The van der Waals surface area contributed by atoms with Crippen molar-refractivity contribution in [3.05, 3.63) is 23.8 Å². The third-order valence-electron chi connectivity index (χ3n) is 6.05. The summed E-state index contributed by atoms with van der Waals surface area (Å²) >= 11 is 0. The van der Waals surface area contributed by atoms with Crippen molar-refractivity contribution in [2.75, 3.05) is 6.61 Å². The normalized spacial score (nSPS) is 38.8. The molecule has 0 aromatic carbocycles. The summed E-state index contributed by atoms with van der Waals surface area (Å²) in [6.07, 6.45) is 7.81. The lowest BCUT2D eigenvalue weighted by Crippen LogP contribution is -2.60. The van der Waals surface area contributed by atoms with Crippen LogP contribution in [0.15, 0.2) is 23.8 Å². The van der Waals surface area contributed by atoms with Crippen LogP contribution in [0.3, 0.4) is 0 Å². The summed E-state index contributed by atoms with van der Waals surface area (Å²) in [4.78, 5) is 23.7. The molecule has 5 atom stereocenters. The van der Waals surface area contributed by atoms with Gasteiger partial charge >= 0.3 is 11.9 Å². The van der Waals surface area contributed by atoms with E-state index in [1.165, 1.54) is 6.92 Å². The average Bonchev–Trinajstić information content (AvgIpc) is 2.61. The highest BCUT2D eigenvalue weighted by molar-refractivity contribution is 5.87. The van der Waals surface area contributed by atoms with Crippen LogP contribution in [-0.4, -0.2) is 46.6 Å². The molecule has 158 valence electrons. The topological polar surface area (TPSA) is 82.1 Å². The first kappa shape index (κ1) is 22.6. The van der Waals surface area contributed by atoms with E-state index >= 15 is 0 Å². The van der Waals surface area contributed by atoms with E-state index in [0.29, 0.717) is 24.8 Å². The van der Waals surface area contributed by atoms with Gasteiger partial charge in [0.1, 0.15) is 18.3 Å². The Morgan fingerprint density at radius 3 is 2.43 bits per heavy atom. The third kappa shape index (κ3) is 5.23. The number of hydrogen-bond donors (Lipinski definition) is 1. The molecule has 1 aliphatic carbocycles. The van der Waals surface area contributed by atoms with Gasteiger partial charge in [-0.2, -0.15) is 0 Å². The standard InChI is InChI=1S/C22H34O6/c1-7-15(2)19(24)27-18-10-13-21(5,17-8-11-20(4,25)12-9-17)28-22(18,6)14-26-16(3)23/h7-8,11,17-18,25H,9-10,12-14H2,1-6H3/t17-,18+,20+,21+,22+/m1/s1. The zero-order valence-corrected chi connectivity index (χ0v) is 17.9. The van der Waals surface area contributed by atoms with Gasteiger partial charge in [-0.25, -0.2) is 4.79 Å². The number of ether oxygens (including phenoxy) is 3. The van der Waals surface area contributed by atoms with Gasteiger partial charge in [0, 0.05) is 18.4 Å². The quantitative estimate of drug-likeness (QED) is 0.437. The van der Waals surface area contributed by atoms with Crippen molar-refractivity contribution >= 4 is 11.9 Å². The number of rotatable bonds is 5. The van der Waals surface area contributed by atoms with E-state index in [1.807, 2.05) is 26.0 Å². The molecular formula is C22H34O6. The maximum absolute atomic E-state index is 12.3. The van der Waals surface area contributed by atoms with Crippen LogP contribution in [0.1, 0.15) is 67.2 Å². The van der Waals surface area contributed by atoms with Gasteiger partial charge in [0.15, 0.2) is 0 Å². The summed E-state index contributed by atoms with van der Waals surface area (Å²) < 4.78 is 17.5. The highest BCUT2D eigenvalue weighted by atomic mass is 16.6. The van der Waals surface area contributed by atoms with Gasteiger partial charge in [-0.05, 0) is 60.3 Å². The Morgan fingerprint density at radius 2 is 1.89 bits per heavy atom. The molecule has 28 heavy (non-hydrogen) atoms. The first-order valence-electron chi connectivity index (χ1n) is 10.00. The highest BCUT2D eigenvalue weighted by Gasteiger charge is 2.52. The number of carbonyl (C=O) groups excluding carboxylic acids is 2. The Kier molecular flexibility index (Phi) is 6.77. The van der Waals surface area contributed by atoms with Crippen LogP contribution in [0.2, 0.25) is 0 Å². The van der Waals surface area contributed by atoms with Gasteiger partial charge < -0.3 is 19.3 Å². The smallest absolute Gasteiger partial charge is 0.333 e. The Labute approximate surface area is 167 Å². The van der Waals surface area contributed by atoms with Crippen molar-refractivity contribution in [2.24, 2.45) is 5.92 Å². The Morgan fingerprint density at radius 1 is 1.21 bits per heavy atom. The molecule has 0 aromatic rings. The number of esters is 2.